The molecule has 4 rings (SSSR count). The number of fused-ring (bicyclic) bond motifs is 3. The summed E-state index contributed by atoms with van der Waals surface area (Å²) >= 11 is 1.68. The van der Waals surface area contributed by atoms with Crippen LogP contribution in [0.25, 0.3) is 5.69 Å². The Morgan fingerprint density at radius 1 is 1.19 bits per heavy atom. The molecule has 1 unspecified atom stereocenters. The molecule has 136 valence electrons. The molecule has 0 amide bonds. The maximum atomic E-state index is 11.7. The van der Waals surface area contributed by atoms with E-state index in [4.69, 9.17) is 9.73 Å². The number of thioether (sulfide) groups is 1. The third-order valence-electron chi connectivity index (χ3n) is 4.46. The van der Waals surface area contributed by atoms with Crippen molar-refractivity contribution in [3.8, 4) is 5.69 Å². The number of aliphatic imine (C=N–C) groups is 1. The van der Waals surface area contributed by atoms with Gasteiger partial charge in [-0.2, -0.15) is 0 Å². The molecule has 0 bridgehead atoms. The molecular formula is C21H19N3O2S. The smallest absolute Gasteiger partial charge is 0.304 e. The van der Waals surface area contributed by atoms with Crippen LogP contribution in [0.4, 0.5) is 0 Å². The highest BCUT2D eigenvalue weighted by atomic mass is 32.2. The summed E-state index contributed by atoms with van der Waals surface area (Å²) in [6.45, 7) is 3.38. The molecule has 1 atom stereocenters. The van der Waals surface area contributed by atoms with Crippen LogP contribution in [-0.4, -0.2) is 27.5 Å². The van der Waals surface area contributed by atoms with Crippen LogP contribution in [0.3, 0.4) is 0 Å². The predicted octanol–water partition coefficient (Wildman–Crippen LogP) is 4.32. The molecule has 0 saturated carbocycles. The van der Waals surface area contributed by atoms with Gasteiger partial charge in [-0.3, -0.25) is 9.36 Å². The van der Waals surface area contributed by atoms with Crippen LogP contribution in [0.15, 0.2) is 64.6 Å². The lowest BCUT2D eigenvalue weighted by Gasteiger charge is -2.14. The highest BCUT2D eigenvalue weighted by Crippen LogP contribution is 2.34. The molecule has 1 aliphatic heterocycles. The highest BCUT2D eigenvalue weighted by Gasteiger charge is 2.29. The minimum Gasteiger partial charge on any atom is -0.432 e. The summed E-state index contributed by atoms with van der Waals surface area (Å²) in [6, 6.07) is 16.2. The Labute approximate surface area is 162 Å². The molecule has 1 aliphatic rings. The van der Waals surface area contributed by atoms with Gasteiger partial charge in [0.25, 0.3) is 6.23 Å². The zero-order valence-electron chi connectivity index (χ0n) is 15.3. The number of esters is 1. The van der Waals surface area contributed by atoms with Crippen LogP contribution < -0.4 is 0 Å². The summed E-state index contributed by atoms with van der Waals surface area (Å²) < 4.78 is 7.56. The van der Waals surface area contributed by atoms with Crippen molar-refractivity contribution < 1.29 is 9.53 Å². The van der Waals surface area contributed by atoms with E-state index in [0.717, 1.165) is 33.1 Å². The van der Waals surface area contributed by atoms with Gasteiger partial charge in [-0.15, -0.1) is 11.8 Å². The number of hydrogen-bond acceptors (Lipinski definition) is 5. The molecule has 6 heteroatoms. The number of nitrogens with zero attached hydrogens (tertiary/aromatic N) is 3. The third kappa shape index (κ3) is 3.17. The third-order valence-corrected chi connectivity index (χ3v) is 5.18. The maximum Gasteiger partial charge on any atom is 0.304 e. The zero-order chi connectivity index (χ0) is 19.0. The highest BCUT2D eigenvalue weighted by molar-refractivity contribution is 7.98. The van der Waals surface area contributed by atoms with Crippen molar-refractivity contribution in [2.24, 2.45) is 4.99 Å². The number of benzene rings is 2. The van der Waals surface area contributed by atoms with E-state index < -0.39 is 6.23 Å². The Morgan fingerprint density at radius 2 is 1.96 bits per heavy atom. The van der Waals surface area contributed by atoms with Gasteiger partial charge in [0.1, 0.15) is 0 Å². The lowest BCUT2D eigenvalue weighted by atomic mass is 10.0. The Morgan fingerprint density at radius 3 is 2.67 bits per heavy atom. The van der Waals surface area contributed by atoms with E-state index in [-0.39, 0.29) is 5.97 Å². The first-order valence-corrected chi connectivity index (χ1v) is 9.84. The Balaban J connectivity index is 2.03. The molecule has 2 heterocycles. The van der Waals surface area contributed by atoms with Crippen molar-refractivity contribution >= 4 is 23.4 Å². The zero-order valence-corrected chi connectivity index (χ0v) is 16.2. The molecule has 0 aliphatic carbocycles. The minimum atomic E-state index is -0.795. The maximum absolute atomic E-state index is 11.7. The van der Waals surface area contributed by atoms with Crippen molar-refractivity contribution in [1.29, 1.82) is 0 Å². The number of carbonyl (C=O) groups is 1. The van der Waals surface area contributed by atoms with Crippen LogP contribution in [0.1, 0.15) is 35.8 Å². The Bertz CT molecular complexity index is 1040. The van der Waals surface area contributed by atoms with Crippen molar-refractivity contribution in [2.45, 2.75) is 25.0 Å². The van der Waals surface area contributed by atoms with E-state index in [1.165, 1.54) is 6.92 Å². The van der Waals surface area contributed by atoms with E-state index in [9.17, 15) is 4.79 Å². The van der Waals surface area contributed by atoms with Gasteiger partial charge in [-0.1, -0.05) is 30.3 Å². The number of hydrogen-bond donors (Lipinski definition) is 0. The second-order valence-electron chi connectivity index (χ2n) is 6.28. The molecule has 1 aromatic heterocycles. The first kappa shape index (κ1) is 17.5. The summed E-state index contributed by atoms with van der Waals surface area (Å²) in [4.78, 5) is 22.2. The second-order valence-corrected chi connectivity index (χ2v) is 7.16. The van der Waals surface area contributed by atoms with E-state index in [0.29, 0.717) is 5.82 Å². The summed E-state index contributed by atoms with van der Waals surface area (Å²) in [5.74, 6) is 0.214. The first-order valence-electron chi connectivity index (χ1n) is 8.62. The van der Waals surface area contributed by atoms with E-state index in [2.05, 4.69) is 23.2 Å². The molecule has 27 heavy (non-hydrogen) atoms. The fraction of sp³-hybridized carbons (Fsp3) is 0.190. The van der Waals surface area contributed by atoms with Gasteiger partial charge >= 0.3 is 5.97 Å². The summed E-state index contributed by atoms with van der Waals surface area (Å²) in [5.41, 5.74) is 4.69. The second kappa shape index (κ2) is 7.04. The van der Waals surface area contributed by atoms with E-state index in [1.807, 2.05) is 48.1 Å². The molecule has 0 fully saturated rings. The van der Waals surface area contributed by atoms with Crippen molar-refractivity contribution in [3.05, 3.63) is 77.4 Å². The molecule has 2 aromatic carbocycles. The number of aromatic nitrogens is 2. The largest absolute Gasteiger partial charge is 0.432 e. The van der Waals surface area contributed by atoms with Crippen molar-refractivity contribution in [1.82, 2.24) is 9.55 Å². The SMILES string of the molecule is CSc1ccc2c(c1)C(c1ccccc1)=NC(OC(C)=O)c1ncc(C)n1-2. The fourth-order valence-electron chi connectivity index (χ4n) is 3.28. The van der Waals surface area contributed by atoms with Crippen LogP contribution in [0.5, 0.6) is 0 Å². The van der Waals surface area contributed by atoms with Crippen LogP contribution in [0.2, 0.25) is 0 Å². The standard InChI is InChI=1S/C21H19N3O2S/c1-13-12-22-20-21(26-14(2)25)23-19(15-7-5-4-6-8-15)17-11-16(27-3)9-10-18(17)24(13)20/h4-12,21H,1-3H3. The van der Waals surface area contributed by atoms with Gasteiger partial charge < -0.3 is 4.74 Å². The number of ether oxygens (including phenoxy) is 1. The summed E-state index contributed by atoms with van der Waals surface area (Å²) in [7, 11) is 0. The van der Waals surface area contributed by atoms with Crippen molar-refractivity contribution in [2.75, 3.05) is 6.26 Å². The number of rotatable bonds is 3. The quantitative estimate of drug-likeness (QED) is 0.504. The van der Waals surface area contributed by atoms with Gasteiger partial charge in [0.15, 0.2) is 5.82 Å². The fourth-order valence-corrected chi connectivity index (χ4v) is 3.72. The van der Waals surface area contributed by atoms with E-state index in [1.54, 1.807) is 18.0 Å². The number of carbonyl (C=O) groups excluding carboxylic acids is 1. The lowest BCUT2D eigenvalue weighted by molar-refractivity contribution is -0.146. The normalized spacial score (nSPS) is 15.4. The molecule has 0 spiro atoms. The van der Waals surface area contributed by atoms with Gasteiger partial charge in [-0.05, 0) is 31.4 Å². The summed E-state index contributed by atoms with van der Waals surface area (Å²) in [6.07, 6.45) is 3.03. The first-order chi connectivity index (χ1) is 13.1. The van der Waals surface area contributed by atoms with Crippen LogP contribution in [0, 0.1) is 6.92 Å². The molecule has 0 radical (unpaired) electrons. The molecule has 5 nitrogen and oxygen atoms in total. The Kier molecular flexibility index (Phi) is 4.58. The summed E-state index contributed by atoms with van der Waals surface area (Å²) in [5, 5.41) is 0. The van der Waals surface area contributed by atoms with Gasteiger partial charge in [-0.25, -0.2) is 9.98 Å². The van der Waals surface area contributed by atoms with Crippen LogP contribution in [-0.2, 0) is 9.53 Å². The number of aryl methyl sites for hydroxylation is 1. The van der Waals surface area contributed by atoms with Gasteiger partial charge in [0.05, 0.1) is 11.4 Å². The predicted molar refractivity (Wildman–Crippen MR) is 107 cm³/mol. The van der Waals surface area contributed by atoms with Gasteiger partial charge in [0, 0.05) is 34.8 Å². The average Bonchev–Trinajstić information content (AvgIpc) is 3.00. The van der Waals surface area contributed by atoms with Crippen LogP contribution >= 0.6 is 11.8 Å². The monoisotopic (exact) mass is 377 g/mol. The van der Waals surface area contributed by atoms with Crippen molar-refractivity contribution in [3.63, 3.8) is 0 Å². The molecule has 3 aromatic rings. The minimum absolute atomic E-state index is 0.390. The topological polar surface area (TPSA) is 56.5 Å². The number of imidazole rings is 1. The average molecular weight is 377 g/mol. The lowest BCUT2D eigenvalue weighted by Crippen LogP contribution is -2.12. The van der Waals surface area contributed by atoms with Gasteiger partial charge in [0.2, 0.25) is 0 Å². The molecule has 0 N–H and O–H groups in total. The Hall–Kier alpha value is -2.86. The van der Waals surface area contributed by atoms with E-state index >= 15 is 0 Å². The molecule has 0 saturated heterocycles. The molecular weight excluding hydrogens is 358 g/mol.